The Bertz CT molecular complexity index is 1450. The molecule has 4 aromatic rings. The summed E-state index contributed by atoms with van der Waals surface area (Å²) >= 11 is 6.21. The molecule has 1 aromatic heterocycles. The van der Waals surface area contributed by atoms with Gasteiger partial charge in [0.05, 0.1) is 22.7 Å². The van der Waals surface area contributed by atoms with Crippen LogP contribution in [0.3, 0.4) is 0 Å². The second-order valence-corrected chi connectivity index (χ2v) is 9.91. The Morgan fingerprint density at radius 2 is 1.85 bits per heavy atom. The molecule has 0 aliphatic rings. The molecular formula is C25H23ClN4O3S. The maximum atomic E-state index is 13.1. The third-order valence-electron chi connectivity index (χ3n) is 5.32. The summed E-state index contributed by atoms with van der Waals surface area (Å²) in [5.41, 5.74) is 4.21. The number of aryl methyl sites for hydroxylation is 2. The highest BCUT2D eigenvalue weighted by Gasteiger charge is 2.21. The molecule has 0 aliphatic carbocycles. The van der Waals surface area contributed by atoms with E-state index in [9.17, 15) is 13.2 Å². The van der Waals surface area contributed by atoms with Crippen molar-refractivity contribution >= 4 is 33.2 Å². The highest BCUT2D eigenvalue weighted by atomic mass is 35.5. The van der Waals surface area contributed by atoms with E-state index in [1.54, 1.807) is 18.6 Å². The van der Waals surface area contributed by atoms with Gasteiger partial charge in [0.15, 0.2) is 0 Å². The van der Waals surface area contributed by atoms with Crippen molar-refractivity contribution in [3.8, 4) is 5.69 Å². The van der Waals surface area contributed by atoms with Crippen molar-refractivity contribution in [1.29, 1.82) is 0 Å². The van der Waals surface area contributed by atoms with Gasteiger partial charge in [-0.05, 0) is 55.3 Å². The van der Waals surface area contributed by atoms with Crippen LogP contribution < -0.4 is 10.0 Å². The van der Waals surface area contributed by atoms with Gasteiger partial charge >= 0.3 is 0 Å². The monoisotopic (exact) mass is 494 g/mol. The molecule has 9 heteroatoms. The maximum Gasteiger partial charge on any atom is 0.263 e. The molecule has 34 heavy (non-hydrogen) atoms. The molecule has 174 valence electrons. The molecule has 0 saturated carbocycles. The number of rotatable bonds is 7. The topological polar surface area (TPSA) is 93.1 Å². The summed E-state index contributed by atoms with van der Waals surface area (Å²) in [5.74, 6) is -0.417. The van der Waals surface area contributed by atoms with E-state index >= 15 is 0 Å². The van der Waals surface area contributed by atoms with Crippen LogP contribution in [-0.4, -0.2) is 23.9 Å². The molecule has 3 aromatic carbocycles. The quantitative estimate of drug-likeness (QED) is 0.383. The summed E-state index contributed by atoms with van der Waals surface area (Å²) in [5, 5.41) is 2.88. The molecule has 7 nitrogen and oxygen atoms in total. The predicted molar refractivity (Wildman–Crippen MR) is 133 cm³/mol. The van der Waals surface area contributed by atoms with E-state index in [0.29, 0.717) is 5.69 Å². The van der Waals surface area contributed by atoms with Crippen LogP contribution in [0.15, 0.2) is 84.3 Å². The largest absolute Gasteiger partial charge is 0.348 e. The Labute approximate surface area is 203 Å². The fourth-order valence-corrected chi connectivity index (χ4v) is 5.23. The van der Waals surface area contributed by atoms with Crippen molar-refractivity contribution in [3.05, 3.63) is 107 Å². The van der Waals surface area contributed by atoms with E-state index < -0.39 is 15.9 Å². The molecule has 0 saturated heterocycles. The van der Waals surface area contributed by atoms with Gasteiger partial charge in [0.1, 0.15) is 4.90 Å². The Morgan fingerprint density at radius 1 is 1.06 bits per heavy atom. The summed E-state index contributed by atoms with van der Waals surface area (Å²) in [6.07, 6.45) is 5.18. The lowest BCUT2D eigenvalue weighted by molar-refractivity contribution is 0.0950. The van der Waals surface area contributed by atoms with Gasteiger partial charge in [0.2, 0.25) is 0 Å². The van der Waals surface area contributed by atoms with Crippen molar-refractivity contribution in [3.63, 3.8) is 0 Å². The number of imidazole rings is 1. The zero-order valence-electron chi connectivity index (χ0n) is 18.6. The first-order chi connectivity index (χ1) is 16.2. The van der Waals surface area contributed by atoms with Gasteiger partial charge in [-0.25, -0.2) is 13.4 Å². The van der Waals surface area contributed by atoms with Gasteiger partial charge in [0, 0.05) is 24.5 Å². The summed E-state index contributed by atoms with van der Waals surface area (Å²) in [7, 11) is -4.01. The van der Waals surface area contributed by atoms with Gasteiger partial charge in [-0.2, -0.15) is 0 Å². The highest BCUT2D eigenvalue weighted by Crippen LogP contribution is 2.27. The van der Waals surface area contributed by atoms with Crippen molar-refractivity contribution in [2.75, 3.05) is 4.72 Å². The maximum absolute atomic E-state index is 13.1. The minimum atomic E-state index is -4.01. The normalized spacial score (nSPS) is 11.3. The van der Waals surface area contributed by atoms with E-state index in [1.807, 2.05) is 61.0 Å². The van der Waals surface area contributed by atoms with E-state index in [2.05, 4.69) is 15.0 Å². The average molecular weight is 495 g/mol. The third-order valence-corrected chi connectivity index (χ3v) is 7.17. The zero-order valence-corrected chi connectivity index (χ0v) is 20.2. The van der Waals surface area contributed by atoms with E-state index in [0.717, 1.165) is 22.4 Å². The van der Waals surface area contributed by atoms with E-state index in [4.69, 9.17) is 11.6 Å². The van der Waals surface area contributed by atoms with Gasteiger partial charge in [-0.15, -0.1) is 0 Å². The second kappa shape index (κ2) is 9.70. The van der Waals surface area contributed by atoms with E-state index in [1.165, 1.54) is 18.2 Å². The van der Waals surface area contributed by atoms with Crippen LogP contribution in [0.4, 0.5) is 5.69 Å². The Morgan fingerprint density at radius 3 is 2.59 bits per heavy atom. The number of benzene rings is 3. The number of carbonyl (C=O) groups is 1. The summed E-state index contributed by atoms with van der Waals surface area (Å²) < 4.78 is 30.5. The number of nitrogens with zero attached hydrogens (tertiary/aromatic N) is 2. The molecule has 0 aliphatic heterocycles. The lowest BCUT2D eigenvalue weighted by atomic mass is 10.1. The lowest BCUT2D eigenvalue weighted by Gasteiger charge is -2.14. The van der Waals surface area contributed by atoms with Gasteiger partial charge in [-0.3, -0.25) is 9.52 Å². The SMILES string of the molecule is Cc1ccc(NS(=O)(=O)c2cc(C(=O)NCc3ccccc3-n3ccnc3)ccc2Cl)c(C)c1. The standard InChI is InChI=1S/C25H23ClN4O3S/c1-17-7-10-22(18(2)13-17)29-34(32,33)24-14-19(8-9-21(24)26)25(31)28-15-20-5-3-4-6-23(20)30-12-11-27-16-30/h3-14,16,29H,15H2,1-2H3,(H,28,31). The summed E-state index contributed by atoms with van der Waals surface area (Å²) in [6, 6.07) is 17.2. The first-order valence-corrected chi connectivity index (χ1v) is 12.3. The summed E-state index contributed by atoms with van der Waals surface area (Å²) in [4.78, 5) is 16.8. The first-order valence-electron chi connectivity index (χ1n) is 10.5. The van der Waals surface area contributed by atoms with Crippen LogP contribution in [0.2, 0.25) is 5.02 Å². The van der Waals surface area contributed by atoms with Crippen molar-refractivity contribution in [2.45, 2.75) is 25.3 Å². The lowest BCUT2D eigenvalue weighted by Crippen LogP contribution is -2.24. The highest BCUT2D eigenvalue weighted by molar-refractivity contribution is 7.92. The molecule has 0 fully saturated rings. The van der Waals surface area contributed by atoms with Crippen molar-refractivity contribution in [1.82, 2.24) is 14.9 Å². The molecule has 0 bridgehead atoms. The fraction of sp³-hybridized carbons (Fsp3) is 0.120. The smallest absolute Gasteiger partial charge is 0.263 e. The number of amides is 1. The number of halogens is 1. The van der Waals surface area contributed by atoms with Crippen LogP contribution in [0.1, 0.15) is 27.0 Å². The number of hydrogen-bond donors (Lipinski definition) is 2. The van der Waals surface area contributed by atoms with Gasteiger partial charge in [-0.1, -0.05) is 47.5 Å². The predicted octanol–water partition coefficient (Wildman–Crippen LogP) is 4.87. The van der Waals surface area contributed by atoms with Crippen LogP contribution in [-0.2, 0) is 16.6 Å². The second-order valence-electron chi connectivity index (χ2n) is 7.85. The third kappa shape index (κ3) is 5.13. The first kappa shape index (κ1) is 23.5. The zero-order chi connectivity index (χ0) is 24.3. The van der Waals surface area contributed by atoms with Gasteiger partial charge in [0.25, 0.3) is 15.9 Å². The minimum Gasteiger partial charge on any atom is -0.348 e. The van der Waals surface area contributed by atoms with E-state index in [-0.39, 0.29) is 22.0 Å². The number of aromatic nitrogens is 2. The van der Waals surface area contributed by atoms with Crippen molar-refractivity contribution < 1.29 is 13.2 Å². The molecule has 2 N–H and O–H groups in total. The van der Waals surface area contributed by atoms with Gasteiger partial charge < -0.3 is 9.88 Å². The molecule has 0 spiro atoms. The molecular weight excluding hydrogens is 472 g/mol. The number of anilines is 1. The van der Waals surface area contributed by atoms with Crippen LogP contribution >= 0.6 is 11.6 Å². The minimum absolute atomic E-state index is 0.0271. The Balaban J connectivity index is 1.55. The van der Waals surface area contributed by atoms with Crippen LogP contribution in [0, 0.1) is 13.8 Å². The number of para-hydroxylation sites is 1. The number of carbonyl (C=O) groups excluding carboxylic acids is 1. The van der Waals surface area contributed by atoms with Crippen LogP contribution in [0.25, 0.3) is 5.69 Å². The molecule has 0 atom stereocenters. The number of sulfonamides is 1. The Kier molecular flexibility index (Phi) is 6.72. The molecule has 0 radical (unpaired) electrons. The average Bonchev–Trinajstić information content (AvgIpc) is 3.34. The molecule has 1 amide bonds. The molecule has 0 unspecified atom stereocenters. The number of nitrogens with one attached hydrogen (secondary N) is 2. The van der Waals surface area contributed by atoms with Crippen molar-refractivity contribution in [2.24, 2.45) is 0 Å². The molecule has 1 heterocycles. The number of hydrogen-bond acceptors (Lipinski definition) is 4. The summed E-state index contributed by atoms with van der Waals surface area (Å²) in [6.45, 7) is 3.99. The molecule has 4 rings (SSSR count). The van der Waals surface area contributed by atoms with Crippen LogP contribution in [0.5, 0.6) is 0 Å². The Hall–Kier alpha value is -3.62. The fourth-order valence-electron chi connectivity index (χ4n) is 3.57.